The highest BCUT2D eigenvalue weighted by Gasteiger charge is 2.09. The Morgan fingerprint density at radius 1 is 1.64 bits per heavy atom. The van der Waals surface area contributed by atoms with Crippen LogP contribution >= 0.6 is 11.3 Å². The van der Waals surface area contributed by atoms with Crippen LogP contribution in [0.3, 0.4) is 0 Å². The number of nitrogens with one attached hydrogen (secondary N) is 1. The van der Waals surface area contributed by atoms with Gasteiger partial charge in [-0.25, -0.2) is 4.98 Å². The molecule has 14 heavy (non-hydrogen) atoms. The number of thiazole rings is 1. The van der Waals surface area contributed by atoms with Gasteiger partial charge in [0.05, 0.1) is 17.8 Å². The number of anilines is 1. The SMILES string of the molecule is Nc1nc(CC(=O)c2ccc[nH]2)cs1. The molecule has 0 fully saturated rings. The Bertz CT molecular complexity index is 433. The molecule has 0 spiro atoms. The number of H-pyrrole nitrogens is 1. The Kier molecular flexibility index (Phi) is 2.32. The molecule has 0 bridgehead atoms. The third kappa shape index (κ3) is 1.82. The number of nitrogens with zero attached hydrogens (tertiary/aromatic N) is 1. The second-order valence-electron chi connectivity index (χ2n) is 2.86. The molecule has 0 unspecified atom stereocenters. The van der Waals surface area contributed by atoms with E-state index in [2.05, 4.69) is 9.97 Å². The second-order valence-corrected chi connectivity index (χ2v) is 3.75. The third-order valence-corrected chi connectivity index (χ3v) is 2.53. The summed E-state index contributed by atoms with van der Waals surface area (Å²) in [6, 6.07) is 3.54. The number of hydrogen-bond donors (Lipinski definition) is 2. The first-order valence-corrected chi connectivity index (χ1v) is 5.00. The van der Waals surface area contributed by atoms with Gasteiger partial charge in [0.25, 0.3) is 0 Å². The highest BCUT2D eigenvalue weighted by Crippen LogP contribution is 2.12. The summed E-state index contributed by atoms with van der Waals surface area (Å²) in [6.45, 7) is 0. The molecule has 72 valence electrons. The van der Waals surface area contributed by atoms with Gasteiger partial charge in [-0.2, -0.15) is 0 Å². The summed E-state index contributed by atoms with van der Waals surface area (Å²) >= 11 is 1.35. The van der Waals surface area contributed by atoms with Crippen molar-refractivity contribution in [2.45, 2.75) is 6.42 Å². The Morgan fingerprint density at radius 2 is 2.50 bits per heavy atom. The molecule has 0 aliphatic rings. The molecule has 0 saturated carbocycles. The van der Waals surface area contributed by atoms with Gasteiger partial charge in [0.2, 0.25) is 0 Å². The number of nitrogens with two attached hydrogens (primary N) is 1. The van der Waals surface area contributed by atoms with Crippen LogP contribution in [0.1, 0.15) is 16.2 Å². The molecular weight excluding hydrogens is 198 g/mol. The molecule has 5 heteroatoms. The number of Topliss-reactive ketones (excluding diaryl/α,β-unsaturated/α-hetero) is 1. The largest absolute Gasteiger partial charge is 0.375 e. The first-order chi connectivity index (χ1) is 6.75. The van der Waals surface area contributed by atoms with E-state index in [0.717, 1.165) is 5.69 Å². The number of hydrogen-bond acceptors (Lipinski definition) is 4. The summed E-state index contributed by atoms with van der Waals surface area (Å²) in [6.07, 6.45) is 2.02. The standard InChI is InChI=1S/C9H9N3OS/c10-9-12-6(5-14-9)4-8(13)7-2-1-3-11-7/h1-3,5,11H,4H2,(H2,10,12). The minimum absolute atomic E-state index is 0.0281. The number of carbonyl (C=O) groups is 1. The zero-order valence-electron chi connectivity index (χ0n) is 7.36. The predicted octanol–water partition coefficient (Wildman–Crippen LogP) is 1.48. The van der Waals surface area contributed by atoms with Gasteiger partial charge in [-0.05, 0) is 12.1 Å². The Labute approximate surface area is 84.8 Å². The number of carbonyl (C=O) groups excluding carboxylic acids is 1. The number of aromatic amines is 1. The average molecular weight is 207 g/mol. The first-order valence-electron chi connectivity index (χ1n) is 4.12. The zero-order chi connectivity index (χ0) is 9.97. The molecule has 2 aromatic heterocycles. The van der Waals surface area contributed by atoms with Crippen LogP contribution in [0, 0.1) is 0 Å². The molecule has 4 nitrogen and oxygen atoms in total. The fourth-order valence-electron chi connectivity index (χ4n) is 1.17. The van der Waals surface area contributed by atoms with Crippen molar-refractivity contribution in [2.75, 3.05) is 5.73 Å². The lowest BCUT2D eigenvalue weighted by Crippen LogP contribution is -2.04. The summed E-state index contributed by atoms with van der Waals surface area (Å²) in [7, 11) is 0. The van der Waals surface area contributed by atoms with Gasteiger partial charge in [0.15, 0.2) is 10.9 Å². The van der Waals surface area contributed by atoms with Crippen molar-refractivity contribution in [1.82, 2.24) is 9.97 Å². The van der Waals surface area contributed by atoms with Gasteiger partial charge in [0, 0.05) is 11.6 Å². The van der Waals surface area contributed by atoms with Gasteiger partial charge in [-0.15, -0.1) is 11.3 Å². The van der Waals surface area contributed by atoms with E-state index in [1.165, 1.54) is 11.3 Å². The van der Waals surface area contributed by atoms with E-state index in [4.69, 9.17) is 5.73 Å². The van der Waals surface area contributed by atoms with Crippen molar-refractivity contribution in [3.05, 3.63) is 35.1 Å². The molecule has 0 aliphatic carbocycles. The molecule has 0 atom stereocenters. The number of rotatable bonds is 3. The van der Waals surface area contributed by atoms with E-state index in [1.54, 1.807) is 23.7 Å². The maximum Gasteiger partial charge on any atom is 0.184 e. The highest BCUT2D eigenvalue weighted by atomic mass is 32.1. The normalized spacial score (nSPS) is 10.3. The Hall–Kier alpha value is -1.62. The first kappa shape index (κ1) is 8.96. The van der Waals surface area contributed by atoms with Crippen LogP contribution in [0.5, 0.6) is 0 Å². The lowest BCUT2D eigenvalue weighted by atomic mass is 10.2. The van der Waals surface area contributed by atoms with E-state index >= 15 is 0 Å². The van der Waals surface area contributed by atoms with E-state index in [1.807, 2.05) is 0 Å². The smallest absolute Gasteiger partial charge is 0.184 e. The number of nitrogen functional groups attached to an aromatic ring is 1. The van der Waals surface area contributed by atoms with Crippen molar-refractivity contribution >= 4 is 22.3 Å². The molecule has 0 aliphatic heterocycles. The fourth-order valence-corrected chi connectivity index (χ4v) is 1.73. The van der Waals surface area contributed by atoms with Crippen molar-refractivity contribution in [3.8, 4) is 0 Å². The molecule has 0 aromatic carbocycles. The lowest BCUT2D eigenvalue weighted by Gasteiger charge is -1.93. The predicted molar refractivity (Wildman–Crippen MR) is 55.4 cm³/mol. The van der Waals surface area contributed by atoms with Crippen molar-refractivity contribution in [3.63, 3.8) is 0 Å². The number of ketones is 1. The number of aromatic nitrogens is 2. The third-order valence-electron chi connectivity index (χ3n) is 1.81. The van der Waals surface area contributed by atoms with Crippen molar-refractivity contribution < 1.29 is 4.79 Å². The topological polar surface area (TPSA) is 71.8 Å². The molecule has 2 aromatic rings. The van der Waals surface area contributed by atoms with Crippen molar-refractivity contribution in [2.24, 2.45) is 0 Å². The van der Waals surface area contributed by atoms with Crippen molar-refractivity contribution in [1.29, 1.82) is 0 Å². The maximum absolute atomic E-state index is 11.6. The summed E-state index contributed by atoms with van der Waals surface area (Å²) in [5.74, 6) is 0.0281. The quantitative estimate of drug-likeness (QED) is 0.749. The summed E-state index contributed by atoms with van der Waals surface area (Å²) < 4.78 is 0. The van der Waals surface area contributed by atoms with Gasteiger partial charge in [0.1, 0.15) is 0 Å². The molecule has 0 amide bonds. The molecule has 0 saturated heterocycles. The van der Waals surface area contributed by atoms with E-state index in [-0.39, 0.29) is 5.78 Å². The zero-order valence-corrected chi connectivity index (χ0v) is 8.17. The molecule has 2 heterocycles. The molecule has 3 N–H and O–H groups in total. The lowest BCUT2D eigenvalue weighted by molar-refractivity contribution is 0.0988. The minimum Gasteiger partial charge on any atom is -0.375 e. The molecule has 2 rings (SSSR count). The van der Waals surface area contributed by atoms with Crippen LogP contribution in [-0.4, -0.2) is 15.8 Å². The van der Waals surface area contributed by atoms with Crippen LogP contribution in [0.2, 0.25) is 0 Å². The van der Waals surface area contributed by atoms with Gasteiger partial charge < -0.3 is 10.7 Å². The van der Waals surface area contributed by atoms with E-state index in [9.17, 15) is 4.79 Å². The summed E-state index contributed by atoms with van der Waals surface area (Å²) in [5.41, 5.74) is 6.80. The highest BCUT2D eigenvalue weighted by molar-refractivity contribution is 7.13. The van der Waals surface area contributed by atoms with Gasteiger partial charge in [-0.3, -0.25) is 4.79 Å². The Morgan fingerprint density at radius 3 is 3.07 bits per heavy atom. The average Bonchev–Trinajstić information content (AvgIpc) is 2.75. The van der Waals surface area contributed by atoms with Gasteiger partial charge in [-0.1, -0.05) is 0 Å². The van der Waals surface area contributed by atoms with Crippen LogP contribution in [0.25, 0.3) is 0 Å². The summed E-state index contributed by atoms with van der Waals surface area (Å²) in [5, 5.41) is 2.30. The minimum atomic E-state index is 0.0281. The van der Waals surface area contributed by atoms with Crippen LogP contribution < -0.4 is 5.73 Å². The maximum atomic E-state index is 11.6. The monoisotopic (exact) mass is 207 g/mol. The van der Waals surface area contributed by atoms with Crippen LogP contribution in [0.4, 0.5) is 5.13 Å². The summed E-state index contributed by atoms with van der Waals surface area (Å²) in [4.78, 5) is 18.5. The van der Waals surface area contributed by atoms with E-state index < -0.39 is 0 Å². The molecular formula is C9H9N3OS. The van der Waals surface area contributed by atoms with Gasteiger partial charge >= 0.3 is 0 Å². The van der Waals surface area contributed by atoms with Crippen LogP contribution in [-0.2, 0) is 6.42 Å². The Balaban J connectivity index is 2.09. The van der Waals surface area contributed by atoms with Crippen LogP contribution in [0.15, 0.2) is 23.7 Å². The molecule has 0 radical (unpaired) electrons. The second kappa shape index (κ2) is 3.63. The fraction of sp³-hybridized carbons (Fsp3) is 0.111. The van der Waals surface area contributed by atoms with E-state index in [0.29, 0.717) is 17.2 Å².